The average molecular weight is 382 g/mol. The topological polar surface area (TPSA) is 78.5 Å². The first-order chi connectivity index (χ1) is 10.8. The van der Waals surface area contributed by atoms with Gasteiger partial charge < -0.3 is 10.6 Å². The molecule has 0 spiro atoms. The minimum atomic E-state index is -1.17. The second kappa shape index (κ2) is 6.70. The van der Waals surface area contributed by atoms with Crippen LogP contribution in [0.1, 0.15) is 32.8 Å². The maximum absolute atomic E-state index is 12.7. The highest BCUT2D eigenvalue weighted by molar-refractivity contribution is 9.10. The summed E-state index contributed by atoms with van der Waals surface area (Å²) in [5, 5.41) is 5.44. The summed E-state index contributed by atoms with van der Waals surface area (Å²) in [6, 6.07) is 6.62. The Morgan fingerprint density at radius 1 is 1.43 bits per heavy atom. The van der Waals surface area contributed by atoms with Gasteiger partial charge in [0.15, 0.2) is 0 Å². The Morgan fingerprint density at radius 2 is 2.13 bits per heavy atom. The second-order valence-corrected chi connectivity index (χ2v) is 6.75. The van der Waals surface area contributed by atoms with Crippen LogP contribution in [0.3, 0.4) is 0 Å². The molecule has 7 heteroatoms. The number of benzene rings is 1. The number of amides is 4. The molecule has 0 aliphatic carbocycles. The Balaban J connectivity index is 2.18. The summed E-state index contributed by atoms with van der Waals surface area (Å²) in [6.45, 7) is 5.18. The largest absolute Gasteiger partial charge is 0.352 e. The Kier molecular flexibility index (Phi) is 5.09. The SMILES string of the molecule is CCC(C)NC(=O)CN1C(=O)NC(C)(c2cccc(Br)c2)C1=O. The molecule has 0 saturated carbocycles. The first-order valence-electron chi connectivity index (χ1n) is 7.47. The molecule has 2 rings (SSSR count). The summed E-state index contributed by atoms with van der Waals surface area (Å²) in [6.07, 6.45) is 0.779. The number of nitrogens with zero attached hydrogens (tertiary/aromatic N) is 1. The van der Waals surface area contributed by atoms with Crippen molar-refractivity contribution >= 4 is 33.8 Å². The van der Waals surface area contributed by atoms with Crippen LogP contribution in [-0.4, -0.2) is 35.3 Å². The van der Waals surface area contributed by atoms with Crippen molar-refractivity contribution in [3.05, 3.63) is 34.3 Å². The van der Waals surface area contributed by atoms with Crippen molar-refractivity contribution in [1.29, 1.82) is 0 Å². The lowest BCUT2D eigenvalue weighted by atomic mass is 9.92. The Labute approximate surface area is 143 Å². The van der Waals surface area contributed by atoms with Gasteiger partial charge in [-0.3, -0.25) is 14.5 Å². The van der Waals surface area contributed by atoms with Gasteiger partial charge in [-0.05, 0) is 38.0 Å². The predicted octanol–water partition coefficient (Wildman–Crippen LogP) is 2.13. The third-order valence-corrected chi connectivity index (χ3v) is 4.49. The number of rotatable bonds is 5. The van der Waals surface area contributed by atoms with Gasteiger partial charge in [-0.15, -0.1) is 0 Å². The van der Waals surface area contributed by atoms with Crippen molar-refractivity contribution in [3.63, 3.8) is 0 Å². The van der Waals surface area contributed by atoms with Crippen LogP contribution in [0, 0.1) is 0 Å². The van der Waals surface area contributed by atoms with E-state index in [0.29, 0.717) is 5.56 Å². The van der Waals surface area contributed by atoms with E-state index in [4.69, 9.17) is 0 Å². The highest BCUT2D eigenvalue weighted by Crippen LogP contribution is 2.30. The standard InChI is InChI=1S/C16H20BrN3O3/c1-4-10(2)18-13(21)9-20-14(22)16(3,19-15(20)23)11-6-5-7-12(17)8-11/h5-8,10H,4,9H2,1-3H3,(H,18,21)(H,19,23). The third kappa shape index (κ3) is 3.55. The molecule has 23 heavy (non-hydrogen) atoms. The molecule has 2 atom stereocenters. The number of imide groups is 1. The molecule has 124 valence electrons. The van der Waals surface area contributed by atoms with E-state index in [1.807, 2.05) is 19.9 Å². The van der Waals surface area contributed by atoms with Crippen LogP contribution >= 0.6 is 15.9 Å². The number of hydrogen-bond acceptors (Lipinski definition) is 3. The fourth-order valence-electron chi connectivity index (χ4n) is 2.40. The first kappa shape index (κ1) is 17.5. The lowest BCUT2D eigenvalue weighted by Gasteiger charge is -2.22. The smallest absolute Gasteiger partial charge is 0.325 e. The van der Waals surface area contributed by atoms with Gasteiger partial charge in [0.2, 0.25) is 5.91 Å². The molecule has 2 unspecified atom stereocenters. The molecular formula is C16H20BrN3O3. The first-order valence-corrected chi connectivity index (χ1v) is 8.26. The predicted molar refractivity (Wildman–Crippen MR) is 89.6 cm³/mol. The number of urea groups is 1. The molecule has 0 bridgehead atoms. The molecule has 1 aliphatic rings. The van der Waals surface area contributed by atoms with Crippen molar-refractivity contribution < 1.29 is 14.4 Å². The Bertz CT molecular complexity index is 649. The summed E-state index contributed by atoms with van der Waals surface area (Å²) >= 11 is 3.36. The van der Waals surface area contributed by atoms with Gasteiger partial charge in [-0.2, -0.15) is 0 Å². The molecule has 0 aromatic heterocycles. The number of halogens is 1. The van der Waals surface area contributed by atoms with Crippen LogP contribution < -0.4 is 10.6 Å². The minimum Gasteiger partial charge on any atom is -0.352 e. The Hall–Kier alpha value is -1.89. The van der Waals surface area contributed by atoms with Gasteiger partial charge in [-0.1, -0.05) is 35.0 Å². The molecule has 1 aromatic carbocycles. The molecule has 1 aromatic rings. The highest BCUT2D eigenvalue weighted by Gasteiger charge is 2.49. The van der Waals surface area contributed by atoms with Crippen molar-refractivity contribution in [2.75, 3.05) is 6.54 Å². The van der Waals surface area contributed by atoms with Gasteiger partial charge in [0.1, 0.15) is 12.1 Å². The van der Waals surface area contributed by atoms with Crippen LogP contribution in [0.4, 0.5) is 4.79 Å². The molecule has 6 nitrogen and oxygen atoms in total. The fourth-order valence-corrected chi connectivity index (χ4v) is 2.80. The number of carbonyl (C=O) groups excluding carboxylic acids is 3. The second-order valence-electron chi connectivity index (χ2n) is 5.83. The highest BCUT2D eigenvalue weighted by atomic mass is 79.9. The maximum Gasteiger partial charge on any atom is 0.325 e. The number of nitrogens with one attached hydrogen (secondary N) is 2. The molecule has 1 saturated heterocycles. The van der Waals surface area contributed by atoms with E-state index in [2.05, 4.69) is 26.6 Å². The quantitative estimate of drug-likeness (QED) is 0.766. The Morgan fingerprint density at radius 3 is 2.74 bits per heavy atom. The zero-order chi connectivity index (χ0) is 17.2. The van der Waals surface area contributed by atoms with Crippen molar-refractivity contribution in [1.82, 2.24) is 15.5 Å². The van der Waals surface area contributed by atoms with Gasteiger partial charge in [0, 0.05) is 10.5 Å². The van der Waals surface area contributed by atoms with Crippen molar-refractivity contribution in [2.45, 2.75) is 38.8 Å². The monoisotopic (exact) mass is 381 g/mol. The van der Waals surface area contributed by atoms with Crippen molar-refractivity contribution in [2.24, 2.45) is 0 Å². The van der Waals surface area contributed by atoms with Crippen LogP contribution in [-0.2, 0) is 15.1 Å². The van der Waals surface area contributed by atoms with Gasteiger partial charge in [0.05, 0.1) is 0 Å². The summed E-state index contributed by atoms with van der Waals surface area (Å²) in [5.74, 6) is -0.777. The van der Waals surface area contributed by atoms with E-state index >= 15 is 0 Å². The summed E-state index contributed by atoms with van der Waals surface area (Å²) in [5.41, 5.74) is -0.507. The fraction of sp³-hybridized carbons (Fsp3) is 0.438. The molecule has 2 N–H and O–H groups in total. The zero-order valence-electron chi connectivity index (χ0n) is 13.4. The molecule has 1 aliphatic heterocycles. The molecule has 0 radical (unpaired) electrons. The third-order valence-electron chi connectivity index (χ3n) is 4.00. The van der Waals surface area contributed by atoms with Crippen molar-refractivity contribution in [3.8, 4) is 0 Å². The van der Waals surface area contributed by atoms with Crippen LogP contribution in [0.25, 0.3) is 0 Å². The van der Waals surface area contributed by atoms with Crippen LogP contribution in [0.2, 0.25) is 0 Å². The minimum absolute atomic E-state index is 0.000251. The average Bonchev–Trinajstić information content (AvgIpc) is 2.71. The van der Waals surface area contributed by atoms with E-state index in [9.17, 15) is 14.4 Å². The molecule has 1 heterocycles. The van der Waals surface area contributed by atoms with Gasteiger partial charge in [0.25, 0.3) is 5.91 Å². The molecule has 1 fully saturated rings. The summed E-state index contributed by atoms with van der Waals surface area (Å²) in [7, 11) is 0. The van der Waals surface area contributed by atoms with E-state index in [1.165, 1.54) is 0 Å². The van der Waals surface area contributed by atoms with E-state index < -0.39 is 17.5 Å². The summed E-state index contributed by atoms with van der Waals surface area (Å²) in [4.78, 5) is 37.8. The zero-order valence-corrected chi connectivity index (χ0v) is 14.9. The van der Waals surface area contributed by atoms with Crippen LogP contribution in [0.5, 0.6) is 0 Å². The molecule has 4 amide bonds. The molecular weight excluding hydrogens is 362 g/mol. The van der Waals surface area contributed by atoms with E-state index in [0.717, 1.165) is 15.8 Å². The van der Waals surface area contributed by atoms with E-state index in [-0.39, 0.29) is 18.5 Å². The van der Waals surface area contributed by atoms with Crippen LogP contribution in [0.15, 0.2) is 28.7 Å². The number of hydrogen-bond donors (Lipinski definition) is 2. The van der Waals surface area contributed by atoms with Gasteiger partial charge in [-0.25, -0.2) is 4.79 Å². The lowest BCUT2D eigenvalue weighted by molar-refractivity contribution is -0.135. The lowest BCUT2D eigenvalue weighted by Crippen LogP contribution is -2.44. The normalized spacial score (nSPS) is 22.0. The number of carbonyl (C=O) groups is 3. The summed E-state index contributed by atoms with van der Waals surface area (Å²) < 4.78 is 0.811. The maximum atomic E-state index is 12.7. The van der Waals surface area contributed by atoms with E-state index in [1.54, 1.807) is 25.1 Å². The van der Waals surface area contributed by atoms with Gasteiger partial charge >= 0.3 is 6.03 Å².